The molecule has 0 bridgehead atoms. The molecular weight excluding hydrogens is 294 g/mol. The van der Waals surface area contributed by atoms with Crippen LogP contribution in [0.3, 0.4) is 0 Å². The number of benzene rings is 1. The standard InChI is InChI=1S/C16H17N5O2/c1-4-5-9-6-10(7-12(22-2)14(9)23-3)13-11(8-17)15(18)21-16(19)20-13/h4,6-7H,1,5H2,2-3H3,(H4,18,19,20,21). The largest absolute Gasteiger partial charge is 0.493 e. The highest BCUT2D eigenvalue weighted by Crippen LogP contribution is 2.37. The first kappa shape index (κ1) is 16.1. The second-order valence-electron chi connectivity index (χ2n) is 4.67. The number of methoxy groups -OCH3 is 2. The van der Waals surface area contributed by atoms with Gasteiger partial charge in [0.25, 0.3) is 0 Å². The van der Waals surface area contributed by atoms with E-state index in [0.29, 0.717) is 29.2 Å². The molecule has 7 heteroatoms. The zero-order valence-electron chi connectivity index (χ0n) is 13.0. The summed E-state index contributed by atoms with van der Waals surface area (Å²) in [6.45, 7) is 3.74. The summed E-state index contributed by atoms with van der Waals surface area (Å²) in [6, 6.07) is 5.56. The lowest BCUT2D eigenvalue weighted by Gasteiger charge is -2.15. The topological polar surface area (TPSA) is 120 Å². The highest BCUT2D eigenvalue weighted by atomic mass is 16.5. The fraction of sp³-hybridized carbons (Fsp3) is 0.188. The molecule has 0 saturated carbocycles. The van der Waals surface area contributed by atoms with Gasteiger partial charge in [-0.15, -0.1) is 6.58 Å². The monoisotopic (exact) mass is 311 g/mol. The Labute approximate surface area is 134 Å². The average molecular weight is 311 g/mol. The van der Waals surface area contributed by atoms with Gasteiger partial charge < -0.3 is 20.9 Å². The van der Waals surface area contributed by atoms with E-state index in [0.717, 1.165) is 5.56 Å². The van der Waals surface area contributed by atoms with Crippen molar-refractivity contribution in [3.8, 4) is 28.8 Å². The lowest BCUT2D eigenvalue weighted by atomic mass is 10.0. The van der Waals surface area contributed by atoms with Crippen molar-refractivity contribution >= 4 is 11.8 Å². The highest BCUT2D eigenvalue weighted by molar-refractivity contribution is 5.75. The number of aromatic nitrogens is 2. The predicted octanol–water partition coefficient (Wildman–Crippen LogP) is 1.93. The van der Waals surface area contributed by atoms with E-state index in [2.05, 4.69) is 16.5 Å². The minimum absolute atomic E-state index is 0.00319. The Morgan fingerprint density at radius 1 is 1.26 bits per heavy atom. The van der Waals surface area contributed by atoms with Gasteiger partial charge in [-0.2, -0.15) is 10.2 Å². The molecular formula is C16H17N5O2. The van der Waals surface area contributed by atoms with Gasteiger partial charge in [0.15, 0.2) is 11.5 Å². The number of nitrogens with two attached hydrogens (primary N) is 2. The van der Waals surface area contributed by atoms with Gasteiger partial charge in [0, 0.05) is 11.1 Å². The van der Waals surface area contributed by atoms with Crippen molar-refractivity contribution in [3.63, 3.8) is 0 Å². The molecule has 2 rings (SSSR count). The average Bonchev–Trinajstić information content (AvgIpc) is 2.53. The predicted molar refractivity (Wildman–Crippen MR) is 88.0 cm³/mol. The van der Waals surface area contributed by atoms with Gasteiger partial charge in [-0.25, -0.2) is 4.98 Å². The minimum atomic E-state index is -0.00319. The molecule has 1 aromatic carbocycles. The lowest BCUT2D eigenvalue weighted by molar-refractivity contribution is 0.352. The van der Waals surface area contributed by atoms with Gasteiger partial charge in [-0.1, -0.05) is 6.08 Å². The van der Waals surface area contributed by atoms with E-state index < -0.39 is 0 Å². The number of hydrogen-bond donors (Lipinski definition) is 2. The Balaban J connectivity index is 2.77. The lowest BCUT2D eigenvalue weighted by Crippen LogP contribution is -2.05. The van der Waals surface area contributed by atoms with Crippen molar-refractivity contribution in [2.45, 2.75) is 6.42 Å². The smallest absolute Gasteiger partial charge is 0.222 e. The Morgan fingerprint density at radius 3 is 2.57 bits per heavy atom. The van der Waals surface area contributed by atoms with Crippen molar-refractivity contribution in [3.05, 3.63) is 35.9 Å². The molecule has 1 aromatic heterocycles. The summed E-state index contributed by atoms with van der Waals surface area (Å²) in [7, 11) is 3.10. The van der Waals surface area contributed by atoms with Crippen molar-refractivity contribution in [2.75, 3.05) is 25.7 Å². The molecule has 0 aliphatic heterocycles. The van der Waals surface area contributed by atoms with E-state index in [4.69, 9.17) is 20.9 Å². The van der Waals surface area contributed by atoms with Gasteiger partial charge in [-0.05, 0) is 18.6 Å². The second-order valence-corrected chi connectivity index (χ2v) is 4.67. The van der Waals surface area contributed by atoms with E-state index in [9.17, 15) is 5.26 Å². The first-order chi connectivity index (χ1) is 11.0. The van der Waals surface area contributed by atoms with Gasteiger partial charge in [0.2, 0.25) is 5.95 Å². The van der Waals surface area contributed by atoms with Gasteiger partial charge in [0.05, 0.1) is 19.9 Å². The normalized spacial score (nSPS) is 9.96. The SMILES string of the molecule is C=CCc1cc(-c2nc(N)nc(N)c2C#N)cc(OC)c1OC. The fourth-order valence-electron chi connectivity index (χ4n) is 2.30. The zero-order chi connectivity index (χ0) is 17.0. The molecule has 0 amide bonds. The summed E-state index contributed by atoms with van der Waals surface area (Å²) < 4.78 is 10.8. The summed E-state index contributed by atoms with van der Waals surface area (Å²) in [5.74, 6) is 1.15. The molecule has 0 aliphatic rings. The molecule has 0 fully saturated rings. The molecule has 1 heterocycles. The van der Waals surface area contributed by atoms with E-state index >= 15 is 0 Å². The molecule has 0 unspecified atom stereocenters. The molecule has 0 spiro atoms. The summed E-state index contributed by atoms with van der Waals surface area (Å²) in [5.41, 5.74) is 13.4. The zero-order valence-corrected chi connectivity index (χ0v) is 13.0. The van der Waals surface area contributed by atoms with Crippen LogP contribution >= 0.6 is 0 Å². The van der Waals surface area contributed by atoms with Crippen LogP contribution in [0.5, 0.6) is 11.5 Å². The van der Waals surface area contributed by atoms with Crippen LogP contribution < -0.4 is 20.9 Å². The molecule has 23 heavy (non-hydrogen) atoms. The van der Waals surface area contributed by atoms with E-state index in [1.807, 2.05) is 12.1 Å². The molecule has 7 nitrogen and oxygen atoms in total. The molecule has 118 valence electrons. The van der Waals surface area contributed by atoms with Crippen LogP contribution in [0.15, 0.2) is 24.8 Å². The summed E-state index contributed by atoms with van der Waals surface area (Å²) in [5, 5.41) is 9.33. The van der Waals surface area contributed by atoms with E-state index in [1.165, 1.54) is 7.11 Å². The Hall–Kier alpha value is -3.27. The van der Waals surface area contributed by atoms with Crippen LogP contribution in [0.1, 0.15) is 11.1 Å². The van der Waals surface area contributed by atoms with Crippen LogP contribution in [-0.4, -0.2) is 24.2 Å². The number of anilines is 2. The summed E-state index contributed by atoms with van der Waals surface area (Å²) in [4.78, 5) is 7.96. The van der Waals surface area contributed by atoms with Gasteiger partial charge in [0.1, 0.15) is 17.5 Å². The van der Waals surface area contributed by atoms with Crippen molar-refractivity contribution in [1.29, 1.82) is 5.26 Å². The first-order valence-corrected chi connectivity index (χ1v) is 6.74. The fourth-order valence-corrected chi connectivity index (χ4v) is 2.30. The van der Waals surface area contributed by atoms with Crippen LogP contribution in [-0.2, 0) is 6.42 Å². The molecule has 4 N–H and O–H groups in total. The number of hydrogen-bond acceptors (Lipinski definition) is 7. The number of nitriles is 1. The van der Waals surface area contributed by atoms with Crippen LogP contribution in [0, 0.1) is 11.3 Å². The minimum Gasteiger partial charge on any atom is -0.493 e. The number of ether oxygens (including phenoxy) is 2. The second kappa shape index (κ2) is 6.66. The molecule has 0 saturated heterocycles. The number of allylic oxidation sites excluding steroid dienone is 1. The number of rotatable bonds is 5. The van der Waals surface area contributed by atoms with Gasteiger partial charge in [-0.3, -0.25) is 0 Å². The van der Waals surface area contributed by atoms with Gasteiger partial charge >= 0.3 is 0 Å². The maximum Gasteiger partial charge on any atom is 0.222 e. The summed E-state index contributed by atoms with van der Waals surface area (Å²) >= 11 is 0. The van der Waals surface area contributed by atoms with Crippen molar-refractivity contribution < 1.29 is 9.47 Å². The number of nitrogen functional groups attached to an aromatic ring is 2. The van der Waals surface area contributed by atoms with Crippen molar-refractivity contribution in [1.82, 2.24) is 9.97 Å². The molecule has 0 aliphatic carbocycles. The Morgan fingerprint density at radius 2 is 2.00 bits per heavy atom. The van der Waals surface area contributed by atoms with E-state index in [-0.39, 0.29) is 17.3 Å². The first-order valence-electron chi connectivity index (χ1n) is 6.74. The quantitative estimate of drug-likeness (QED) is 0.809. The third-order valence-electron chi connectivity index (χ3n) is 3.26. The van der Waals surface area contributed by atoms with Crippen molar-refractivity contribution in [2.24, 2.45) is 0 Å². The third kappa shape index (κ3) is 3.01. The molecule has 2 aromatic rings. The third-order valence-corrected chi connectivity index (χ3v) is 3.26. The molecule has 0 atom stereocenters. The Bertz CT molecular complexity index is 796. The summed E-state index contributed by atoms with van der Waals surface area (Å²) in [6.07, 6.45) is 2.31. The maximum atomic E-state index is 9.33. The van der Waals surface area contributed by atoms with Crippen LogP contribution in [0.2, 0.25) is 0 Å². The molecule has 0 radical (unpaired) electrons. The highest BCUT2D eigenvalue weighted by Gasteiger charge is 2.18. The van der Waals surface area contributed by atoms with Crippen LogP contribution in [0.25, 0.3) is 11.3 Å². The Kier molecular flexibility index (Phi) is 4.66. The maximum absolute atomic E-state index is 9.33. The van der Waals surface area contributed by atoms with Crippen LogP contribution in [0.4, 0.5) is 11.8 Å². The van der Waals surface area contributed by atoms with E-state index in [1.54, 1.807) is 19.3 Å². The number of nitrogens with zero attached hydrogens (tertiary/aromatic N) is 3.